The lowest BCUT2D eigenvalue weighted by molar-refractivity contribution is 0.0559. The van der Waals surface area contributed by atoms with Crippen molar-refractivity contribution in [1.29, 1.82) is 0 Å². The molecule has 0 saturated carbocycles. The highest BCUT2D eigenvalue weighted by Gasteiger charge is 1.90. The maximum Gasteiger partial charge on any atom is 0.0694 e. The Kier molecular flexibility index (Phi) is 12.8. The third-order valence-electron chi connectivity index (χ3n) is 1.99. The van der Waals surface area contributed by atoms with Crippen LogP contribution in [0, 0.1) is 0 Å². The predicted octanol–water partition coefficient (Wildman–Crippen LogP) is 0.133. The van der Waals surface area contributed by atoms with Crippen LogP contribution < -0.4 is 16.1 Å². The van der Waals surface area contributed by atoms with Gasteiger partial charge in [0.25, 0.3) is 0 Å². The van der Waals surface area contributed by atoms with Gasteiger partial charge in [0.1, 0.15) is 0 Å². The lowest BCUT2D eigenvalue weighted by Crippen LogP contribution is -2.23. The van der Waals surface area contributed by atoms with Crippen LogP contribution in [0.25, 0.3) is 0 Å². The molecule has 98 valence electrons. The van der Waals surface area contributed by atoms with Crippen LogP contribution in [0.1, 0.15) is 21.1 Å². The Bertz CT molecular complexity index is 128. The molecule has 0 atom stereocenters. The summed E-state index contributed by atoms with van der Waals surface area (Å²) in [6, 6.07) is 0. The van der Waals surface area contributed by atoms with Gasteiger partial charge in [-0.2, -0.15) is 0 Å². The molecule has 0 spiro atoms. The lowest BCUT2D eigenvalue weighted by atomic mass is 10.4. The minimum atomic E-state index is 0.446. The molecule has 0 heterocycles. The highest BCUT2D eigenvalue weighted by atomic mass is 16.6. The van der Waals surface area contributed by atoms with E-state index < -0.39 is 0 Å². The van der Waals surface area contributed by atoms with E-state index in [1.807, 2.05) is 0 Å². The normalized spacial score (nSPS) is 11.7. The molecular formula is C11H27N3O2. The van der Waals surface area contributed by atoms with Gasteiger partial charge in [0.05, 0.1) is 13.2 Å². The Morgan fingerprint density at radius 1 is 1.00 bits per heavy atom. The fraction of sp³-hybridized carbons (Fsp3) is 1.00. The van der Waals surface area contributed by atoms with E-state index in [9.17, 15) is 0 Å². The van der Waals surface area contributed by atoms with Gasteiger partial charge in [-0.1, -0.05) is 6.90 Å². The van der Waals surface area contributed by atoms with Crippen molar-refractivity contribution >= 4 is 0 Å². The zero-order valence-corrected chi connectivity index (χ0v) is 10.4. The van der Waals surface area contributed by atoms with Gasteiger partial charge in [-0.3, -0.25) is 0 Å². The van der Waals surface area contributed by atoms with E-state index >= 15 is 0 Å². The molecule has 0 amide bonds. The van der Waals surface area contributed by atoms with Crippen LogP contribution in [0.5, 0.6) is 0 Å². The summed E-state index contributed by atoms with van der Waals surface area (Å²) in [6.45, 7) is 6.27. The van der Waals surface area contributed by atoms with E-state index in [1.54, 1.807) is 7.05 Å². The number of rotatable bonds is 13. The Morgan fingerprint density at radius 2 is 1.81 bits per heavy atom. The van der Waals surface area contributed by atoms with Gasteiger partial charge < -0.3 is 20.2 Å². The first-order chi connectivity index (χ1) is 8.41. The Morgan fingerprint density at radius 3 is 2.62 bits per heavy atom. The van der Waals surface area contributed by atoms with Crippen molar-refractivity contribution in [3.63, 3.8) is 0 Å². The van der Waals surface area contributed by atoms with Crippen LogP contribution in [0.2, 0.25) is 0 Å². The van der Waals surface area contributed by atoms with Crippen LogP contribution in [-0.2, 0) is 9.57 Å². The lowest BCUT2D eigenvalue weighted by Gasteiger charge is -2.06. The summed E-state index contributed by atoms with van der Waals surface area (Å²) in [6.07, 6.45) is 2.01. The monoisotopic (exact) mass is 234 g/mol. The van der Waals surface area contributed by atoms with Gasteiger partial charge in [0, 0.05) is 21.6 Å². The highest BCUT2D eigenvalue weighted by molar-refractivity contribution is 4.47. The summed E-state index contributed by atoms with van der Waals surface area (Å²) >= 11 is 0. The SMILES string of the molecule is [2H]CCNCCCOCCNCCCONC. The highest BCUT2D eigenvalue weighted by Crippen LogP contribution is 1.81. The van der Waals surface area contributed by atoms with Gasteiger partial charge >= 0.3 is 0 Å². The van der Waals surface area contributed by atoms with Gasteiger partial charge in [-0.25, -0.2) is 5.48 Å². The Balaban J connectivity index is 2.85. The van der Waals surface area contributed by atoms with Crippen LogP contribution in [0.3, 0.4) is 0 Å². The molecule has 0 saturated heterocycles. The van der Waals surface area contributed by atoms with Gasteiger partial charge in [-0.05, 0) is 32.5 Å². The molecule has 0 aliphatic rings. The molecule has 0 aliphatic heterocycles. The largest absolute Gasteiger partial charge is 0.380 e. The van der Waals surface area contributed by atoms with Crippen molar-refractivity contribution in [2.75, 3.05) is 53.0 Å². The second-order valence-corrected chi connectivity index (χ2v) is 3.37. The second kappa shape index (κ2) is 14.8. The van der Waals surface area contributed by atoms with E-state index in [0.717, 1.165) is 58.8 Å². The van der Waals surface area contributed by atoms with Crippen LogP contribution in [0.4, 0.5) is 0 Å². The van der Waals surface area contributed by atoms with Gasteiger partial charge in [0.15, 0.2) is 0 Å². The van der Waals surface area contributed by atoms with Crippen molar-refractivity contribution in [1.82, 2.24) is 16.1 Å². The molecule has 0 rings (SSSR count). The maximum absolute atomic E-state index is 6.94. The molecule has 5 nitrogen and oxygen atoms in total. The Hall–Kier alpha value is -0.200. The number of hydrogen-bond acceptors (Lipinski definition) is 5. The molecule has 0 aromatic rings. The predicted molar refractivity (Wildman–Crippen MR) is 66.5 cm³/mol. The van der Waals surface area contributed by atoms with Crippen molar-refractivity contribution in [3.8, 4) is 0 Å². The van der Waals surface area contributed by atoms with Crippen molar-refractivity contribution in [3.05, 3.63) is 0 Å². The first kappa shape index (κ1) is 13.9. The molecule has 0 radical (unpaired) electrons. The molecule has 16 heavy (non-hydrogen) atoms. The average molecular weight is 234 g/mol. The molecule has 5 heteroatoms. The van der Waals surface area contributed by atoms with Crippen molar-refractivity contribution in [2.45, 2.75) is 19.7 Å². The van der Waals surface area contributed by atoms with Crippen molar-refractivity contribution < 1.29 is 10.9 Å². The second-order valence-electron chi connectivity index (χ2n) is 3.37. The molecule has 0 bridgehead atoms. The molecule has 0 aromatic heterocycles. The van der Waals surface area contributed by atoms with Crippen LogP contribution >= 0.6 is 0 Å². The third kappa shape index (κ3) is 13.8. The number of ether oxygens (including phenoxy) is 1. The molecule has 0 fully saturated rings. The summed E-state index contributed by atoms with van der Waals surface area (Å²) in [4.78, 5) is 4.98. The standard InChI is InChI=1S/C11H27N3O2/c1-3-13-6-4-9-15-11-8-14-7-5-10-16-12-2/h12-14H,3-11H2,1-2H3/i1D. The fourth-order valence-corrected chi connectivity index (χ4v) is 1.17. The zero-order chi connectivity index (χ0) is 12.6. The van der Waals surface area contributed by atoms with Crippen LogP contribution in [-0.4, -0.2) is 53.0 Å². The number of nitrogens with one attached hydrogen (secondary N) is 3. The molecule has 0 aromatic carbocycles. The number of hydroxylamine groups is 1. The smallest absolute Gasteiger partial charge is 0.0694 e. The number of hydrogen-bond donors (Lipinski definition) is 3. The minimum Gasteiger partial charge on any atom is -0.380 e. The van der Waals surface area contributed by atoms with E-state index in [2.05, 4.69) is 16.1 Å². The molecule has 0 unspecified atom stereocenters. The minimum absolute atomic E-state index is 0.446. The van der Waals surface area contributed by atoms with Crippen LogP contribution in [0.15, 0.2) is 0 Å². The molecule has 0 aliphatic carbocycles. The van der Waals surface area contributed by atoms with Gasteiger partial charge in [-0.15, -0.1) is 0 Å². The summed E-state index contributed by atoms with van der Waals surface area (Å²) < 4.78 is 12.4. The third-order valence-corrected chi connectivity index (χ3v) is 1.99. The summed E-state index contributed by atoms with van der Waals surface area (Å²) in [7, 11) is 1.76. The molecular weight excluding hydrogens is 206 g/mol. The topological polar surface area (TPSA) is 54.5 Å². The van der Waals surface area contributed by atoms with E-state index in [4.69, 9.17) is 10.9 Å². The zero-order valence-electron chi connectivity index (χ0n) is 11.4. The Labute approximate surface area is 101 Å². The van der Waals surface area contributed by atoms with Crippen molar-refractivity contribution in [2.24, 2.45) is 0 Å². The van der Waals surface area contributed by atoms with E-state index in [0.29, 0.717) is 6.90 Å². The summed E-state index contributed by atoms with van der Waals surface area (Å²) in [5.74, 6) is 0. The first-order valence-corrected chi connectivity index (χ1v) is 5.98. The first-order valence-electron chi connectivity index (χ1n) is 6.69. The fourth-order valence-electron chi connectivity index (χ4n) is 1.17. The maximum atomic E-state index is 6.94. The van der Waals surface area contributed by atoms with E-state index in [-0.39, 0.29) is 0 Å². The molecule has 3 N–H and O–H groups in total. The quantitative estimate of drug-likeness (QED) is 0.312. The summed E-state index contributed by atoms with van der Waals surface area (Å²) in [5, 5.41) is 6.45. The average Bonchev–Trinajstić information content (AvgIpc) is 2.35. The van der Waals surface area contributed by atoms with E-state index in [1.165, 1.54) is 0 Å². The summed E-state index contributed by atoms with van der Waals surface area (Å²) in [5.41, 5.74) is 2.64. The van der Waals surface area contributed by atoms with Gasteiger partial charge in [0.2, 0.25) is 0 Å².